The third kappa shape index (κ3) is 5.44. The second-order valence-electron chi connectivity index (χ2n) is 7.86. The van der Waals surface area contributed by atoms with Gasteiger partial charge in [0.25, 0.3) is 0 Å². The lowest BCUT2D eigenvalue weighted by Crippen LogP contribution is -2.49. The van der Waals surface area contributed by atoms with Crippen LogP contribution >= 0.6 is 11.8 Å². The van der Waals surface area contributed by atoms with Crippen molar-refractivity contribution in [1.82, 2.24) is 20.0 Å². The van der Waals surface area contributed by atoms with Crippen LogP contribution in [0.2, 0.25) is 0 Å². The van der Waals surface area contributed by atoms with Crippen molar-refractivity contribution in [2.75, 3.05) is 36.8 Å². The largest absolute Gasteiger partial charge is 0.353 e. The third-order valence-electron chi connectivity index (χ3n) is 5.24. The van der Waals surface area contributed by atoms with Crippen LogP contribution in [0.3, 0.4) is 0 Å². The van der Waals surface area contributed by atoms with Crippen molar-refractivity contribution in [3.63, 3.8) is 0 Å². The topological polar surface area (TPSA) is 75.4 Å². The summed E-state index contributed by atoms with van der Waals surface area (Å²) in [5.41, 5.74) is 2.09. The number of thioether (sulfide) groups is 1. The highest BCUT2D eigenvalue weighted by Crippen LogP contribution is 2.22. The van der Waals surface area contributed by atoms with E-state index in [-0.39, 0.29) is 11.8 Å². The minimum Gasteiger partial charge on any atom is -0.353 e. The molecule has 2 aromatic heterocycles. The summed E-state index contributed by atoms with van der Waals surface area (Å²) in [6, 6.07) is 14.2. The molecule has 1 aromatic carbocycles. The number of rotatable bonds is 7. The lowest BCUT2D eigenvalue weighted by molar-refractivity contribution is -0.128. The Kier molecular flexibility index (Phi) is 6.86. The number of carbonyl (C=O) groups excluding carboxylic acids is 1. The van der Waals surface area contributed by atoms with Gasteiger partial charge in [-0.05, 0) is 17.7 Å². The molecule has 0 radical (unpaired) electrons. The smallest absolute Gasteiger partial charge is 0.232 e. The van der Waals surface area contributed by atoms with Gasteiger partial charge in [-0.2, -0.15) is 4.98 Å². The number of amides is 1. The van der Waals surface area contributed by atoms with Gasteiger partial charge in [-0.1, -0.05) is 49.3 Å². The molecule has 4 rings (SSSR count). The molecule has 0 aliphatic carbocycles. The Balaban J connectivity index is 1.25. The molecule has 3 aromatic rings. The second-order valence-corrected chi connectivity index (χ2v) is 8.85. The summed E-state index contributed by atoms with van der Waals surface area (Å²) in [6.07, 6.45) is 1.78. The number of carbonyl (C=O) groups is 1. The van der Waals surface area contributed by atoms with Gasteiger partial charge < -0.3 is 14.3 Å². The van der Waals surface area contributed by atoms with Crippen LogP contribution in [0.25, 0.3) is 11.4 Å². The Labute approximate surface area is 186 Å². The maximum atomic E-state index is 12.5. The molecule has 0 unspecified atom stereocenters. The van der Waals surface area contributed by atoms with E-state index in [1.165, 1.54) is 5.56 Å². The van der Waals surface area contributed by atoms with Crippen LogP contribution in [-0.2, 0) is 10.5 Å². The van der Waals surface area contributed by atoms with Gasteiger partial charge in [-0.3, -0.25) is 4.79 Å². The highest BCUT2D eigenvalue weighted by Gasteiger charge is 2.22. The summed E-state index contributed by atoms with van der Waals surface area (Å²) in [7, 11) is 0. The lowest BCUT2D eigenvalue weighted by Gasteiger charge is -2.35. The lowest BCUT2D eigenvalue weighted by atomic mass is 10.2. The first kappa shape index (κ1) is 21.4. The Morgan fingerprint density at radius 3 is 2.52 bits per heavy atom. The summed E-state index contributed by atoms with van der Waals surface area (Å²) in [5, 5.41) is 4.04. The van der Waals surface area contributed by atoms with E-state index in [1.54, 1.807) is 18.0 Å². The fraction of sp³-hybridized carbons (Fsp3) is 0.391. The summed E-state index contributed by atoms with van der Waals surface area (Å²) in [4.78, 5) is 25.7. The molecule has 0 atom stereocenters. The molecule has 1 amide bonds. The number of piperazine rings is 1. The number of benzene rings is 1. The van der Waals surface area contributed by atoms with Gasteiger partial charge >= 0.3 is 0 Å². The van der Waals surface area contributed by atoms with E-state index in [0.29, 0.717) is 17.5 Å². The molecule has 1 aliphatic rings. The SMILES string of the molecule is CC(C)c1nc(-c2ccc(N3CCN(C(=O)CSCc4ccccc4)CC3)nc2)no1. The third-order valence-corrected chi connectivity index (χ3v) is 6.22. The molecule has 0 spiro atoms. The number of aromatic nitrogens is 3. The van der Waals surface area contributed by atoms with Crippen molar-refractivity contribution < 1.29 is 9.32 Å². The molecule has 162 valence electrons. The van der Waals surface area contributed by atoms with E-state index in [1.807, 2.05) is 49.1 Å². The minimum atomic E-state index is 0.198. The van der Waals surface area contributed by atoms with Crippen LogP contribution in [0, 0.1) is 0 Å². The zero-order valence-corrected chi connectivity index (χ0v) is 18.7. The predicted molar refractivity (Wildman–Crippen MR) is 123 cm³/mol. The van der Waals surface area contributed by atoms with Crippen LogP contribution in [0.1, 0.15) is 31.2 Å². The number of pyridine rings is 1. The molecule has 1 aliphatic heterocycles. The van der Waals surface area contributed by atoms with Crippen LogP contribution in [0.15, 0.2) is 53.2 Å². The highest BCUT2D eigenvalue weighted by atomic mass is 32.2. The normalized spacial score (nSPS) is 14.3. The first-order valence-electron chi connectivity index (χ1n) is 10.5. The van der Waals surface area contributed by atoms with E-state index < -0.39 is 0 Å². The molecule has 1 fully saturated rings. The second kappa shape index (κ2) is 9.96. The number of anilines is 1. The van der Waals surface area contributed by atoms with Gasteiger partial charge in [-0.25, -0.2) is 4.98 Å². The quantitative estimate of drug-likeness (QED) is 0.556. The summed E-state index contributed by atoms with van der Waals surface area (Å²) >= 11 is 1.67. The Morgan fingerprint density at radius 1 is 1.10 bits per heavy atom. The first-order valence-corrected chi connectivity index (χ1v) is 11.7. The Morgan fingerprint density at radius 2 is 1.87 bits per heavy atom. The molecule has 1 saturated heterocycles. The minimum absolute atomic E-state index is 0.198. The molecule has 0 saturated carbocycles. The maximum absolute atomic E-state index is 12.5. The van der Waals surface area contributed by atoms with Crippen molar-refractivity contribution in [3.05, 3.63) is 60.1 Å². The Hall–Kier alpha value is -2.87. The molecule has 0 N–H and O–H groups in total. The molecule has 31 heavy (non-hydrogen) atoms. The molecule has 0 bridgehead atoms. The standard InChI is InChI=1S/C23H27N5O2S/c1-17(2)23-25-22(26-30-23)19-8-9-20(24-14-19)27-10-12-28(13-11-27)21(29)16-31-15-18-6-4-3-5-7-18/h3-9,14,17H,10-13,15-16H2,1-2H3. The van der Waals surface area contributed by atoms with Crippen molar-refractivity contribution in [2.24, 2.45) is 0 Å². The van der Waals surface area contributed by atoms with Gasteiger partial charge in [0, 0.05) is 49.6 Å². The zero-order chi connectivity index (χ0) is 21.6. The fourth-order valence-corrected chi connectivity index (χ4v) is 4.29. The van der Waals surface area contributed by atoms with Crippen LogP contribution < -0.4 is 4.90 Å². The molecule has 3 heterocycles. The van der Waals surface area contributed by atoms with E-state index in [2.05, 4.69) is 32.2 Å². The average Bonchev–Trinajstić information content (AvgIpc) is 3.31. The number of nitrogens with zero attached hydrogens (tertiary/aromatic N) is 5. The maximum Gasteiger partial charge on any atom is 0.232 e. The Bertz CT molecular complexity index is 983. The van der Waals surface area contributed by atoms with Crippen molar-refractivity contribution in [2.45, 2.75) is 25.5 Å². The first-order chi connectivity index (χ1) is 15.1. The monoisotopic (exact) mass is 437 g/mol. The van der Waals surface area contributed by atoms with Gasteiger partial charge in [0.15, 0.2) is 0 Å². The number of hydrogen-bond donors (Lipinski definition) is 0. The van der Waals surface area contributed by atoms with Gasteiger partial charge in [0.2, 0.25) is 17.6 Å². The van der Waals surface area contributed by atoms with E-state index in [9.17, 15) is 4.79 Å². The predicted octanol–water partition coefficient (Wildman–Crippen LogP) is 3.84. The van der Waals surface area contributed by atoms with E-state index >= 15 is 0 Å². The average molecular weight is 438 g/mol. The van der Waals surface area contributed by atoms with E-state index in [0.717, 1.165) is 43.3 Å². The molecular formula is C23H27N5O2S. The number of hydrogen-bond acceptors (Lipinski definition) is 7. The van der Waals surface area contributed by atoms with Crippen LogP contribution in [0.5, 0.6) is 0 Å². The summed E-state index contributed by atoms with van der Waals surface area (Å²) < 4.78 is 5.28. The van der Waals surface area contributed by atoms with Gasteiger partial charge in [-0.15, -0.1) is 11.8 Å². The van der Waals surface area contributed by atoms with Gasteiger partial charge in [0.05, 0.1) is 5.75 Å². The van der Waals surface area contributed by atoms with Crippen molar-refractivity contribution in [3.8, 4) is 11.4 Å². The summed E-state index contributed by atoms with van der Waals surface area (Å²) in [6.45, 7) is 7.03. The van der Waals surface area contributed by atoms with Crippen molar-refractivity contribution >= 4 is 23.5 Å². The summed E-state index contributed by atoms with van der Waals surface area (Å²) in [5.74, 6) is 3.88. The molecule has 7 nitrogen and oxygen atoms in total. The fourth-order valence-electron chi connectivity index (χ4n) is 3.40. The van der Waals surface area contributed by atoms with Gasteiger partial charge in [0.1, 0.15) is 5.82 Å². The highest BCUT2D eigenvalue weighted by molar-refractivity contribution is 7.99. The van der Waals surface area contributed by atoms with Crippen LogP contribution in [-0.4, -0.2) is 57.9 Å². The zero-order valence-electron chi connectivity index (χ0n) is 17.9. The van der Waals surface area contributed by atoms with E-state index in [4.69, 9.17) is 4.52 Å². The van der Waals surface area contributed by atoms with Crippen molar-refractivity contribution in [1.29, 1.82) is 0 Å². The van der Waals surface area contributed by atoms with Crippen LogP contribution in [0.4, 0.5) is 5.82 Å². The molecular weight excluding hydrogens is 410 g/mol. The molecule has 8 heteroatoms.